The van der Waals surface area contributed by atoms with Gasteiger partial charge in [-0.05, 0) is 36.7 Å². The molecule has 154 valence electrons. The summed E-state index contributed by atoms with van der Waals surface area (Å²) in [6, 6.07) is 13.7. The maximum atomic E-state index is 12.9. The molecule has 0 bridgehead atoms. The van der Waals surface area contributed by atoms with E-state index < -0.39 is 0 Å². The van der Waals surface area contributed by atoms with E-state index in [-0.39, 0.29) is 24.9 Å². The molecule has 4 rings (SSSR count). The Kier molecular flexibility index (Phi) is 6.67. The van der Waals surface area contributed by atoms with Crippen LogP contribution in [0.5, 0.6) is 11.5 Å². The number of benzene rings is 2. The number of halogens is 1. The highest BCUT2D eigenvalue weighted by atomic mass is 35.5. The monoisotopic (exact) mass is 415 g/mol. The Balaban J connectivity index is 0.00000240. The van der Waals surface area contributed by atoms with Gasteiger partial charge >= 0.3 is 0 Å². The molecule has 0 radical (unpaired) electrons. The molecule has 1 aliphatic heterocycles. The van der Waals surface area contributed by atoms with Gasteiger partial charge < -0.3 is 24.7 Å². The summed E-state index contributed by atoms with van der Waals surface area (Å²) in [5.41, 5.74) is 4.36. The summed E-state index contributed by atoms with van der Waals surface area (Å²) in [5.74, 6) is 1.18. The van der Waals surface area contributed by atoms with Crippen molar-refractivity contribution in [3.63, 3.8) is 0 Å². The quantitative estimate of drug-likeness (QED) is 0.670. The summed E-state index contributed by atoms with van der Waals surface area (Å²) in [7, 11) is 3.18. The number of ether oxygens (including phenoxy) is 2. The molecule has 2 heterocycles. The summed E-state index contributed by atoms with van der Waals surface area (Å²) in [5, 5.41) is 7.68. The van der Waals surface area contributed by atoms with Crippen LogP contribution in [0.2, 0.25) is 0 Å². The molecule has 1 aromatic heterocycles. The van der Waals surface area contributed by atoms with Gasteiger partial charge in [-0.25, -0.2) is 0 Å². The number of carbonyl (C=O) groups is 1. The Morgan fingerprint density at radius 2 is 1.90 bits per heavy atom. The van der Waals surface area contributed by atoms with Gasteiger partial charge in [0, 0.05) is 35.6 Å². The van der Waals surface area contributed by atoms with Crippen LogP contribution < -0.4 is 20.1 Å². The third-order valence-electron chi connectivity index (χ3n) is 5.27. The highest BCUT2D eigenvalue weighted by Gasteiger charge is 2.20. The van der Waals surface area contributed by atoms with Crippen molar-refractivity contribution in [1.29, 1.82) is 0 Å². The number of nitrogens with zero attached hydrogens (tertiary/aromatic N) is 1. The van der Waals surface area contributed by atoms with Gasteiger partial charge in [-0.1, -0.05) is 18.2 Å². The number of carbonyl (C=O) groups excluding carboxylic acids is 1. The van der Waals surface area contributed by atoms with Crippen LogP contribution in [0.4, 0.5) is 5.69 Å². The van der Waals surface area contributed by atoms with E-state index in [1.165, 1.54) is 16.6 Å². The van der Waals surface area contributed by atoms with Crippen molar-refractivity contribution in [2.45, 2.75) is 19.4 Å². The third kappa shape index (κ3) is 4.18. The fourth-order valence-electron chi connectivity index (χ4n) is 3.95. The zero-order chi connectivity index (χ0) is 19.5. The van der Waals surface area contributed by atoms with E-state index >= 15 is 0 Å². The average molecular weight is 416 g/mol. The number of rotatable bonds is 5. The molecule has 0 saturated carbocycles. The topological polar surface area (TPSA) is 64.5 Å². The first kappa shape index (κ1) is 21.0. The molecule has 1 aliphatic rings. The zero-order valence-electron chi connectivity index (χ0n) is 16.7. The summed E-state index contributed by atoms with van der Waals surface area (Å²) in [4.78, 5) is 12.9. The second-order valence-electron chi connectivity index (χ2n) is 6.89. The van der Waals surface area contributed by atoms with Gasteiger partial charge in [0.2, 0.25) is 5.91 Å². The fraction of sp³-hybridized carbons (Fsp3) is 0.318. The van der Waals surface area contributed by atoms with Crippen LogP contribution in [0, 0.1) is 0 Å². The molecule has 0 saturated heterocycles. The summed E-state index contributed by atoms with van der Waals surface area (Å²) < 4.78 is 12.8. The number of hydrogen-bond donors (Lipinski definition) is 2. The number of methoxy groups -OCH3 is 2. The van der Waals surface area contributed by atoms with Crippen molar-refractivity contribution in [2.24, 2.45) is 0 Å². The number of nitrogens with one attached hydrogen (secondary N) is 2. The van der Waals surface area contributed by atoms with Gasteiger partial charge in [0.15, 0.2) is 0 Å². The van der Waals surface area contributed by atoms with Gasteiger partial charge in [-0.15, -0.1) is 12.4 Å². The van der Waals surface area contributed by atoms with Crippen LogP contribution in [0.3, 0.4) is 0 Å². The lowest BCUT2D eigenvalue weighted by atomic mass is 10.1. The van der Waals surface area contributed by atoms with Crippen molar-refractivity contribution in [2.75, 3.05) is 32.6 Å². The van der Waals surface area contributed by atoms with Crippen LogP contribution in [0.1, 0.15) is 11.3 Å². The molecule has 0 atom stereocenters. The van der Waals surface area contributed by atoms with E-state index in [1.807, 2.05) is 6.07 Å². The van der Waals surface area contributed by atoms with Gasteiger partial charge in [0.05, 0.1) is 19.9 Å². The van der Waals surface area contributed by atoms with E-state index in [4.69, 9.17) is 9.47 Å². The smallest absolute Gasteiger partial charge is 0.244 e. The largest absolute Gasteiger partial charge is 0.497 e. The standard InChI is InChI=1S/C22H25N3O3.ClH/c1-27-15-7-8-18(21(13-15)28-2)24-22(26)14-25-19-6-4-3-5-16(19)17-9-11-23-12-10-20(17)25;/h3-8,13,23H,9-12,14H2,1-2H3,(H,24,26);1H. The molecular weight excluding hydrogens is 390 g/mol. The highest BCUT2D eigenvalue weighted by Crippen LogP contribution is 2.30. The van der Waals surface area contributed by atoms with Crippen LogP contribution in [-0.4, -0.2) is 37.8 Å². The minimum Gasteiger partial charge on any atom is -0.497 e. The van der Waals surface area contributed by atoms with Gasteiger partial charge in [0.25, 0.3) is 0 Å². The van der Waals surface area contributed by atoms with Crippen LogP contribution in [0.15, 0.2) is 42.5 Å². The Morgan fingerprint density at radius 1 is 1.10 bits per heavy atom. The molecule has 0 aliphatic carbocycles. The van der Waals surface area contributed by atoms with Crippen LogP contribution in [-0.2, 0) is 24.2 Å². The van der Waals surface area contributed by atoms with Gasteiger partial charge in [-0.3, -0.25) is 4.79 Å². The minimum atomic E-state index is -0.0794. The van der Waals surface area contributed by atoms with Crippen molar-refractivity contribution in [3.05, 3.63) is 53.7 Å². The molecular formula is C22H26ClN3O3. The molecule has 0 fully saturated rings. The highest BCUT2D eigenvalue weighted by molar-refractivity contribution is 5.94. The molecule has 1 amide bonds. The third-order valence-corrected chi connectivity index (χ3v) is 5.27. The Hall–Kier alpha value is -2.70. The number of aromatic nitrogens is 1. The number of anilines is 1. The lowest BCUT2D eigenvalue weighted by Gasteiger charge is -2.14. The van der Waals surface area contributed by atoms with E-state index in [0.29, 0.717) is 17.2 Å². The lowest BCUT2D eigenvalue weighted by molar-refractivity contribution is -0.116. The molecule has 0 spiro atoms. The van der Waals surface area contributed by atoms with Crippen LogP contribution in [0.25, 0.3) is 10.9 Å². The summed E-state index contributed by atoms with van der Waals surface area (Å²) >= 11 is 0. The predicted molar refractivity (Wildman–Crippen MR) is 118 cm³/mol. The molecule has 7 heteroatoms. The van der Waals surface area contributed by atoms with E-state index in [0.717, 1.165) is 31.4 Å². The molecule has 3 aromatic rings. The number of amides is 1. The second kappa shape index (κ2) is 9.20. The van der Waals surface area contributed by atoms with Crippen molar-refractivity contribution < 1.29 is 14.3 Å². The second-order valence-corrected chi connectivity index (χ2v) is 6.89. The Morgan fingerprint density at radius 3 is 2.69 bits per heavy atom. The van der Waals surface area contributed by atoms with E-state index in [1.54, 1.807) is 32.4 Å². The maximum Gasteiger partial charge on any atom is 0.244 e. The van der Waals surface area contributed by atoms with Crippen molar-refractivity contribution >= 4 is 34.9 Å². The molecule has 0 unspecified atom stereocenters. The van der Waals surface area contributed by atoms with Crippen molar-refractivity contribution in [1.82, 2.24) is 9.88 Å². The number of hydrogen-bond acceptors (Lipinski definition) is 4. The zero-order valence-corrected chi connectivity index (χ0v) is 17.5. The van der Waals surface area contributed by atoms with Gasteiger partial charge in [0.1, 0.15) is 18.0 Å². The summed E-state index contributed by atoms with van der Waals surface area (Å²) in [6.45, 7) is 2.17. The first-order valence-corrected chi connectivity index (χ1v) is 9.53. The minimum absolute atomic E-state index is 0. The summed E-state index contributed by atoms with van der Waals surface area (Å²) in [6.07, 6.45) is 1.90. The average Bonchev–Trinajstić information content (AvgIpc) is 2.87. The SMILES string of the molecule is COc1ccc(NC(=O)Cn2c3c(c4ccccc42)CCNCC3)c(OC)c1.Cl. The maximum absolute atomic E-state index is 12.9. The molecule has 6 nitrogen and oxygen atoms in total. The number of para-hydroxylation sites is 1. The first-order valence-electron chi connectivity index (χ1n) is 9.53. The lowest BCUT2D eigenvalue weighted by Crippen LogP contribution is -2.21. The molecule has 29 heavy (non-hydrogen) atoms. The first-order chi connectivity index (χ1) is 13.7. The van der Waals surface area contributed by atoms with E-state index in [9.17, 15) is 4.79 Å². The van der Waals surface area contributed by atoms with Crippen molar-refractivity contribution in [3.8, 4) is 11.5 Å². The number of fused-ring (bicyclic) bond motifs is 3. The van der Waals surface area contributed by atoms with Crippen LogP contribution >= 0.6 is 12.4 Å². The Labute approximate surface area is 176 Å². The fourth-order valence-corrected chi connectivity index (χ4v) is 3.95. The normalized spacial score (nSPS) is 13.2. The molecule has 2 aromatic carbocycles. The van der Waals surface area contributed by atoms with E-state index in [2.05, 4.69) is 33.4 Å². The van der Waals surface area contributed by atoms with Gasteiger partial charge in [-0.2, -0.15) is 0 Å². The molecule has 2 N–H and O–H groups in total. The predicted octanol–water partition coefficient (Wildman–Crippen LogP) is 3.41. The Bertz CT molecular complexity index is 1020.